The van der Waals surface area contributed by atoms with Crippen LogP contribution in [-0.4, -0.2) is 24.9 Å². The second-order valence-electron chi connectivity index (χ2n) is 7.96. The second kappa shape index (κ2) is 7.32. The predicted molar refractivity (Wildman–Crippen MR) is 101 cm³/mol. The maximum atomic E-state index is 13.9. The smallest absolute Gasteiger partial charge is 0.178 e. The molecule has 6 heteroatoms. The molecule has 0 amide bonds. The molecule has 2 aromatic carbocycles. The Kier molecular flexibility index (Phi) is 5.41. The first-order chi connectivity index (χ1) is 12.6. The molecule has 3 rings (SSSR count). The quantitative estimate of drug-likeness (QED) is 0.807. The van der Waals surface area contributed by atoms with Crippen molar-refractivity contribution in [2.75, 3.05) is 5.75 Å². The Morgan fingerprint density at radius 2 is 1.74 bits per heavy atom. The van der Waals surface area contributed by atoms with Gasteiger partial charge in [-0.15, -0.1) is 0 Å². The Labute approximate surface area is 159 Å². The van der Waals surface area contributed by atoms with Crippen molar-refractivity contribution in [3.63, 3.8) is 0 Å². The van der Waals surface area contributed by atoms with Gasteiger partial charge in [0.05, 0.1) is 16.2 Å². The van der Waals surface area contributed by atoms with E-state index in [-0.39, 0.29) is 28.0 Å². The molecule has 1 N–H and O–H groups in total. The molecule has 0 saturated heterocycles. The normalized spacial score (nSPS) is 20.8. The van der Waals surface area contributed by atoms with Crippen LogP contribution in [0.3, 0.4) is 0 Å². The third-order valence-corrected chi connectivity index (χ3v) is 7.35. The fraction of sp³-hybridized carbons (Fsp3) is 0.429. The average Bonchev–Trinajstić information content (AvgIpc) is 3.03. The molecule has 146 valence electrons. The zero-order valence-corrected chi connectivity index (χ0v) is 16.3. The Morgan fingerprint density at radius 1 is 1.07 bits per heavy atom. The summed E-state index contributed by atoms with van der Waals surface area (Å²) in [6.45, 7) is 3.53. The molecular weight excluding hydrogens is 370 g/mol. The topological polar surface area (TPSA) is 54.4 Å². The summed E-state index contributed by atoms with van der Waals surface area (Å²) in [7, 11) is -3.46. The summed E-state index contributed by atoms with van der Waals surface area (Å²) in [4.78, 5) is 0.195. The SMILES string of the molecule is CC(C)(O)[C@H]1CCC(CS(=O)(=O)c2ccc(-c3ccc(F)cc3F)cc2)C1. The van der Waals surface area contributed by atoms with Crippen molar-refractivity contribution in [2.45, 2.75) is 43.6 Å². The van der Waals surface area contributed by atoms with Crippen molar-refractivity contribution in [2.24, 2.45) is 11.8 Å². The lowest BCUT2D eigenvalue weighted by Gasteiger charge is -2.25. The summed E-state index contributed by atoms with van der Waals surface area (Å²) in [6, 6.07) is 9.32. The fourth-order valence-corrected chi connectivity index (χ4v) is 5.51. The van der Waals surface area contributed by atoms with Gasteiger partial charge in [0, 0.05) is 11.6 Å². The van der Waals surface area contributed by atoms with Crippen LogP contribution >= 0.6 is 0 Å². The van der Waals surface area contributed by atoms with E-state index in [2.05, 4.69) is 0 Å². The van der Waals surface area contributed by atoms with E-state index >= 15 is 0 Å². The second-order valence-corrected chi connectivity index (χ2v) is 9.99. The number of hydrogen-bond donors (Lipinski definition) is 1. The predicted octanol–water partition coefficient (Wildman–Crippen LogP) is 4.59. The van der Waals surface area contributed by atoms with E-state index in [0.29, 0.717) is 12.0 Å². The van der Waals surface area contributed by atoms with Crippen LogP contribution in [0.25, 0.3) is 11.1 Å². The van der Waals surface area contributed by atoms with Gasteiger partial charge in [-0.3, -0.25) is 0 Å². The van der Waals surface area contributed by atoms with E-state index in [1.54, 1.807) is 13.8 Å². The number of benzene rings is 2. The van der Waals surface area contributed by atoms with Crippen LogP contribution in [0.1, 0.15) is 33.1 Å². The van der Waals surface area contributed by atoms with Gasteiger partial charge in [-0.05, 0) is 74.8 Å². The first kappa shape index (κ1) is 20.0. The number of sulfone groups is 1. The van der Waals surface area contributed by atoms with Gasteiger partial charge in [-0.25, -0.2) is 17.2 Å². The highest BCUT2D eigenvalue weighted by Gasteiger charge is 2.36. The Morgan fingerprint density at radius 3 is 2.30 bits per heavy atom. The van der Waals surface area contributed by atoms with Crippen molar-refractivity contribution in [1.29, 1.82) is 0 Å². The molecule has 27 heavy (non-hydrogen) atoms. The van der Waals surface area contributed by atoms with Crippen LogP contribution in [0.2, 0.25) is 0 Å². The van der Waals surface area contributed by atoms with Crippen molar-refractivity contribution in [3.8, 4) is 11.1 Å². The minimum Gasteiger partial charge on any atom is -0.390 e. The lowest BCUT2D eigenvalue weighted by molar-refractivity contribution is 0.0186. The highest BCUT2D eigenvalue weighted by Crippen LogP contribution is 2.39. The van der Waals surface area contributed by atoms with Gasteiger partial charge in [0.15, 0.2) is 9.84 Å². The first-order valence-corrected chi connectivity index (χ1v) is 10.7. The van der Waals surface area contributed by atoms with Crippen molar-refractivity contribution in [3.05, 3.63) is 54.1 Å². The molecular formula is C21H24F2O3S. The molecule has 0 spiro atoms. The van der Waals surface area contributed by atoms with Gasteiger partial charge in [0.25, 0.3) is 0 Å². The third-order valence-electron chi connectivity index (χ3n) is 5.45. The van der Waals surface area contributed by atoms with E-state index in [9.17, 15) is 22.3 Å². The van der Waals surface area contributed by atoms with Gasteiger partial charge in [-0.2, -0.15) is 0 Å². The average molecular weight is 394 g/mol. The third kappa shape index (κ3) is 4.55. The van der Waals surface area contributed by atoms with Crippen LogP contribution in [0.5, 0.6) is 0 Å². The molecule has 1 saturated carbocycles. The number of halogens is 2. The molecule has 2 aromatic rings. The summed E-state index contributed by atoms with van der Waals surface area (Å²) in [5, 5.41) is 10.1. The summed E-state index contributed by atoms with van der Waals surface area (Å²) >= 11 is 0. The maximum Gasteiger partial charge on any atom is 0.178 e. The van der Waals surface area contributed by atoms with Crippen molar-refractivity contribution < 1.29 is 22.3 Å². The van der Waals surface area contributed by atoms with E-state index in [0.717, 1.165) is 18.9 Å². The Bertz CT molecular complexity index is 915. The summed E-state index contributed by atoms with van der Waals surface area (Å²) in [5.74, 6) is -1.16. The number of aliphatic hydroxyl groups is 1. The van der Waals surface area contributed by atoms with Crippen LogP contribution < -0.4 is 0 Å². The Hall–Kier alpha value is -1.79. The van der Waals surface area contributed by atoms with Gasteiger partial charge in [0.2, 0.25) is 0 Å². The van der Waals surface area contributed by atoms with Gasteiger partial charge >= 0.3 is 0 Å². The summed E-state index contributed by atoms with van der Waals surface area (Å²) < 4.78 is 52.4. The largest absolute Gasteiger partial charge is 0.390 e. The molecule has 2 atom stereocenters. The van der Waals surface area contributed by atoms with E-state index in [1.165, 1.54) is 36.4 Å². The van der Waals surface area contributed by atoms with Gasteiger partial charge < -0.3 is 5.11 Å². The lowest BCUT2D eigenvalue weighted by atomic mass is 9.89. The highest BCUT2D eigenvalue weighted by atomic mass is 32.2. The standard InChI is InChI=1S/C21H24F2O3S/c1-21(2,24)16-6-3-14(11-16)13-27(25,26)18-8-4-15(5-9-18)19-10-7-17(22)12-20(19)23/h4-5,7-10,12,14,16,24H,3,6,11,13H2,1-2H3/t14?,16-/m0/s1. The highest BCUT2D eigenvalue weighted by molar-refractivity contribution is 7.91. The minimum absolute atomic E-state index is 0.0284. The Balaban J connectivity index is 1.74. The van der Waals surface area contributed by atoms with Crippen LogP contribution in [0.4, 0.5) is 8.78 Å². The molecule has 3 nitrogen and oxygen atoms in total. The molecule has 0 bridgehead atoms. The fourth-order valence-electron chi connectivity index (χ4n) is 3.84. The lowest BCUT2D eigenvalue weighted by Crippen LogP contribution is -2.29. The number of hydrogen-bond acceptors (Lipinski definition) is 3. The van der Waals surface area contributed by atoms with Crippen LogP contribution in [0.15, 0.2) is 47.4 Å². The molecule has 1 fully saturated rings. The van der Waals surface area contributed by atoms with Crippen LogP contribution in [0, 0.1) is 23.5 Å². The molecule has 1 aliphatic carbocycles. The zero-order valence-electron chi connectivity index (χ0n) is 15.5. The van der Waals surface area contributed by atoms with E-state index in [1.807, 2.05) is 0 Å². The van der Waals surface area contributed by atoms with E-state index < -0.39 is 27.1 Å². The first-order valence-electron chi connectivity index (χ1n) is 9.07. The molecule has 0 heterocycles. The molecule has 0 aromatic heterocycles. The molecule has 0 aliphatic heterocycles. The summed E-state index contributed by atoms with van der Waals surface area (Å²) in [6.07, 6.45) is 2.31. The van der Waals surface area contributed by atoms with Crippen molar-refractivity contribution in [1.82, 2.24) is 0 Å². The van der Waals surface area contributed by atoms with E-state index in [4.69, 9.17) is 0 Å². The molecule has 1 unspecified atom stereocenters. The van der Waals surface area contributed by atoms with Crippen molar-refractivity contribution >= 4 is 9.84 Å². The number of rotatable bonds is 5. The maximum absolute atomic E-state index is 13.9. The van der Waals surface area contributed by atoms with Crippen LogP contribution in [-0.2, 0) is 9.84 Å². The zero-order chi connectivity index (χ0) is 19.8. The molecule has 0 radical (unpaired) electrons. The van der Waals surface area contributed by atoms with Gasteiger partial charge in [0.1, 0.15) is 11.6 Å². The monoisotopic (exact) mass is 394 g/mol. The summed E-state index contributed by atoms with van der Waals surface area (Å²) in [5.41, 5.74) is -0.0714. The molecule has 1 aliphatic rings. The minimum atomic E-state index is -3.46. The van der Waals surface area contributed by atoms with Gasteiger partial charge in [-0.1, -0.05) is 12.1 Å².